The zero-order chi connectivity index (χ0) is 26.4. The van der Waals surface area contributed by atoms with Crippen molar-refractivity contribution in [3.05, 3.63) is 56.7 Å². The maximum Gasteiger partial charge on any atom is 0.418 e. The fraction of sp³-hybridized carbons (Fsp3) is 0.655. The number of nitrogens with zero attached hydrogens (tertiary/aromatic N) is 4. The Morgan fingerprint density at radius 3 is 2.55 bits per heavy atom. The second-order valence-electron chi connectivity index (χ2n) is 12.0. The van der Waals surface area contributed by atoms with Gasteiger partial charge in [-0.25, -0.2) is 9.78 Å². The number of imidazole rings is 1. The molecule has 3 aliphatic rings. The molecule has 4 heterocycles. The van der Waals surface area contributed by atoms with Crippen LogP contribution in [0.2, 0.25) is 0 Å². The summed E-state index contributed by atoms with van der Waals surface area (Å²) in [6, 6.07) is 1.17. The van der Waals surface area contributed by atoms with E-state index in [9.17, 15) is 18.0 Å². The number of hydrogen-bond donors (Lipinski definition) is 0. The molecule has 4 atom stereocenters. The van der Waals surface area contributed by atoms with Gasteiger partial charge in [-0.2, -0.15) is 13.2 Å². The van der Waals surface area contributed by atoms with Gasteiger partial charge in [0.2, 0.25) is 0 Å². The van der Waals surface area contributed by atoms with E-state index < -0.39 is 11.7 Å². The molecule has 206 valence electrons. The molecule has 3 aromatic heterocycles. The Kier molecular flexibility index (Phi) is 7.18. The number of pyridine rings is 1. The van der Waals surface area contributed by atoms with Gasteiger partial charge in [0.05, 0.1) is 16.1 Å². The van der Waals surface area contributed by atoms with Crippen LogP contribution >= 0.6 is 11.3 Å². The predicted molar refractivity (Wildman–Crippen MR) is 144 cm³/mol. The lowest BCUT2D eigenvalue weighted by atomic mass is 9.66. The van der Waals surface area contributed by atoms with Crippen molar-refractivity contribution in [1.82, 2.24) is 18.9 Å². The van der Waals surface area contributed by atoms with Crippen LogP contribution in [0.15, 0.2) is 34.8 Å². The molecule has 0 aromatic carbocycles. The summed E-state index contributed by atoms with van der Waals surface area (Å²) < 4.78 is 45.6. The molecule has 2 unspecified atom stereocenters. The van der Waals surface area contributed by atoms with Crippen molar-refractivity contribution in [2.45, 2.75) is 89.4 Å². The van der Waals surface area contributed by atoms with Crippen molar-refractivity contribution in [1.29, 1.82) is 0 Å². The Labute approximate surface area is 225 Å². The second-order valence-corrected chi connectivity index (χ2v) is 12.9. The van der Waals surface area contributed by atoms with Crippen molar-refractivity contribution >= 4 is 16.9 Å². The normalized spacial score (nSPS) is 26.5. The molecule has 1 aliphatic heterocycles. The monoisotopic (exact) mass is 546 g/mol. The number of piperidine rings is 1. The van der Waals surface area contributed by atoms with E-state index in [0.29, 0.717) is 35.8 Å². The molecule has 2 aliphatic carbocycles. The highest BCUT2D eigenvalue weighted by Crippen LogP contribution is 2.50. The minimum absolute atomic E-state index is 0.0316. The number of aromatic nitrogens is 3. The smallest absolute Gasteiger partial charge is 0.299 e. The van der Waals surface area contributed by atoms with E-state index in [1.165, 1.54) is 40.9 Å². The summed E-state index contributed by atoms with van der Waals surface area (Å²) in [7, 11) is 0. The van der Waals surface area contributed by atoms with Gasteiger partial charge in [0.15, 0.2) is 0 Å². The minimum Gasteiger partial charge on any atom is -0.299 e. The maximum absolute atomic E-state index is 14.2. The third kappa shape index (κ3) is 5.08. The van der Waals surface area contributed by atoms with Crippen LogP contribution in [-0.4, -0.2) is 31.9 Å². The molecule has 3 aromatic rings. The zero-order valence-corrected chi connectivity index (χ0v) is 22.8. The molecule has 1 saturated heterocycles. The van der Waals surface area contributed by atoms with Crippen LogP contribution in [0, 0.1) is 17.8 Å². The first-order valence-corrected chi connectivity index (χ1v) is 15.1. The molecule has 0 radical (unpaired) electrons. The first-order chi connectivity index (χ1) is 18.3. The molecule has 2 saturated carbocycles. The van der Waals surface area contributed by atoms with Gasteiger partial charge in [-0.05, 0) is 80.9 Å². The predicted octanol–water partition coefficient (Wildman–Crippen LogP) is 7.12. The zero-order valence-electron chi connectivity index (χ0n) is 22.0. The molecule has 0 bridgehead atoms. The van der Waals surface area contributed by atoms with Gasteiger partial charge >= 0.3 is 11.9 Å². The van der Waals surface area contributed by atoms with Gasteiger partial charge in [0.1, 0.15) is 0 Å². The molecule has 5 nitrogen and oxygen atoms in total. The average molecular weight is 547 g/mol. The van der Waals surface area contributed by atoms with Crippen LogP contribution < -0.4 is 5.69 Å². The van der Waals surface area contributed by atoms with Gasteiger partial charge in [0.25, 0.3) is 0 Å². The Morgan fingerprint density at radius 1 is 1.08 bits per heavy atom. The number of alkyl halides is 3. The highest BCUT2D eigenvalue weighted by atomic mass is 32.1. The molecule has 0 spiro atoms. The van der Waals surface area contributed by atoms with E-state index in [2.05, 4.69) is 16.8 Å². The largest absolute Gasteiger partial charge is 0.418 e. The van der Waals surface area contributed by atoms with E-state index in [0.717, 1.165) is 51.6 Å². The van der Waals surface area contributed by atoms with Crippen LogP contribution in [0.3, 0.4) is 0 Å². The van der Waals surface area contributed by atoms with Crippen LogP contribution in [0.4, 0.5) is 13.2 Å². The lowest BCUT2D eigenvalue weighted by molar-refractivity contribution is -0.136. The van der Waals surface area contributed by atoms with Crippen molar-refractivity contribution < 1.29 is 13.2 Å². The third-order valence-electron chi connectivity index (χ3n) is 9.28. The van der Waals surface area contributed by atoms with Crippen LogP contribution in [0.1, 0.15) is 92.8 Å². The van der Waals surface area contributed by atoms with Crippen LogP contribution in [-0.2, 0) is 12.7 Å². The maximum atomic E-state index is 14.2. The number of thiazole rings is 1. The molecule has 0 amide bonds. The number of hydrogen-bond acceptors (Lipinski definition) is 4. The third-order valence-corrected chi connectivity index (χ3v) is 10.2. The number of rotatable bonds is 6. The second kappa shape index (κ2) is 10.5. The van der Waals surface area contributed by atoms with Gasteiger partial charge < -0.3 is 0 Å². The summed E-state index contributed by atoms with van der Waals surface area (Å²) in [4.78, 5) is 20.5. The molecule has 9 heteroatoms. The van der Waals surface area contributed by atoms with Gasteiger partial charge in [-0.3, -0.25) is 13.9 Å². The lowest BCUT2D eigenvalue weighted by Gasteiger charge is -2.41. The van der Waals surface area contributed by atoms with Crippen molar-refractivity contribution in [3.8, 4) is 0 Å². The highest BCUT2D eigenvalue weighted by molar-refractivity contribution is 7.09. The fourth-order valence-corrected chi connectivity index (χ4v) is 8.22. The lowest BCUT2D eigenvalue weighted by Crippen LogP contribution is -2.34. The summed E-state index contributed by atoms with van der Waals surface area (Å²) in [5.41, 5.74) is -0.539. The average Bonchev–Trinajstić information content (AvgIpc) is 3.49. The molecular weight excluding hydrogens is 509 g/mol. The quantitative estimate of drug-likeness (QED) is 0.331. The van der Waals surface area contributed by atoms with Crippen LogP contribution in [0.5, 0.6) is 0 Å². The van der Waals surface area contributed by atoms with E-state index >= 15 is 0 Å². The Bertz CT molecular complexity index is 1310. The van der Waals surface area contributed by atoms with Crippen molar-refractivity contribution in [3.63, 3.8) is 0 Å². The summed E-state index contributed by atoms with van der Waals surface area (Å²) in [6.07, 6.45) is 10.1. The molecular formula is C29H37F3N4OS. The molecule has 38 heavy (non-hydrogen) atoms. The summed E-state index contributed by atoms with van der Waals surface area (Å²) >= 11 is 1.71. The number of fused-ring (bicyclic) bond motifs is 1. The van der Waals surface area contributed by atoms with E-state index in [-0.39, 0.29) is 17.2 Å². The summed E-state index contributed by atoms with van der Waals surface area (Å²) in [5, 5.41) is 3.22. The fourth-order valence-electron chi connectivity index (χ4n) is 7.29. The van der Waals surface area contributed by atoms with Crippen LogP contribution in [0.25, 0.3) is 5.52 Å². The van der Waals surface area contributed by atoms with Gasteiger partial charge in [-0.15, -0.1) is 11.3 Å². The van der Waals surface area contributed by atoms with E-state index in [1.54, 1.807) is 22.1 Å². The number of likely N-dealkylation sites (tertiary alicyclic amines) is 1. The Morgan fingerprint density at radius 2 is 1.87 bits per heavy atom. The minimum atomic E-state index is -4.52. The SMILES string of the molecule is C[C@H]1CCCN(Cc2cc(C(F)(F)F)c3cn(C4CCCC([C@H](c5nccs5)C5CCC5)C4)c(=O)n3c2)C1. The summed E-state index contributed by atoms with van der Waals surface area (Å²) in [5.74, 6) is 1.96. The summed E-state index contributed by atoms with van der Waals surface area (Å²) in [6.45, 7) is 4.37. The van der Waals surface area contributed by atoms with Gasteiger partial charge in [-0.1, -0.05) is 19.8 Å². The van der Waals surface area contributed by atoms with E-state index in [4.69, 9.17) is 0 Å². The van der Waals surface area contributed by atoms with Gasteiger partial charge in [0, 0.05) is 49.0 Å². The standard InChI is InChI=1S/C29H37F3N4OS/c1-19-5-4-11-34(15-19)16-20-13-24(29(30,31)32)25-18-35(28(37)36(25)17-20)23-9-3-8-22(14-23)26(21-6-2-7-21)27-33-10-12-38-27/h10,12-13,17-19,21-23,26H,2-9,11,14-16H2,1H3/t19-,22?,23?,26+/m0/s1. The Hall–Kier alpha value is -2.13. The van der Waals surface area contributed by atoms with Crippen molar-refractivity contribution in [2.75, 3.05) is 13.1 Å². The molecule has 3 fully saturated rings. The first-order valence-electron chi connectivity index (χ1n) is 14.2. The highest BCUT2D eigenvalue weighted by Gasteiger charge is 2.40. The Balaban J connectivity index is 1.32. The first kappa shape index (κ1) is 26.1. The van der Waals surface area contributed by atoms with Crippen molar-refractivity contribution in [2.24, 2.45) is 17.8 Å². The number of halogens is 3. The van der Waals surface area contributed by atoms with E-state index in [1.807, 2.05) is 11.6 Å². The molecule has 0 N–H and O–H groups in total. The molecule has 6 rings (SSSR count). The topological polar surface area (TPSA) is 42.5 Å².